The number of H-pyrrole nitrogens is 1. The van der Waals surface area contributed by atoms with Crippen LogP contribution in [0.2, 0.25) is 0 Å². The molecule has 29 heavy (non-hydrogen) atoms. The quantitative estimate of drug-likeness (QED) is 0.444. The highest BCUT2D eigenvalue weighted by Gasteiger charge is 2.19. The summed E-state index contributed by atoms with van der Waals surface area (Å²) < 4.78 is 8.10. The number of aryl methyl sites for hydroxylation is 1. The molecule has 2 aromatic heterocycles. The van der Waals surface area contributed by atoms with Crippen LogP contribution in [0.25, 0.3) is 5.69 Å². The summed E-state index contributed by atoms with van der Waals surface area (Å²) in [6.45, 7) is 3.06. The Balaban J connectivity index is 1.93. The maximum absolute atomic E-state index is 12.4. The lowest BCUT2D eigenvalue weighted by molar-refractivity contribution is 0.414. The van der Waals surface area contributed by atoms with Gasteiger partial charge < -0.3 is 14.4 Å². The van der Waals surface area contributed by atoms with Crippen molar-refractivity contribution in [3.8, 4) is 17.3 Å². The SMILES string of the molecule is CCC(=NCCCn1ccnc1)c1c(O)n(-c2ccc(OC)cc2)c(=O)[nH]c1=O. The highest BCUT2D eigenvalue weighted by Crippen LogP contribution is 2.20. The lowest BCUT2D eigenvalue weighted by Crippen LogP contribution is -2.33. The van der Waals surface area contributed by atoms with Crippen molar-refractivity contribution in [2.45, 2.75) is 26.3 Å². The van der Waals surface area contributed by atoms with Gasteiger partial charge in [-0.15, -0.1) is 0 Å². The first-order chi connectivity index (χ1) is 14.0. The number of aromatic hydroxyl groups is 1. The zero-order valence-electron chi connectivity index (χ0n) is 16.3. The standard InChI is InChI=1S/C20H23N5O4/c1-3-16(22-9-4-11-24-12-10-21-13-24)17-18(26)23-20(28)25(19(17)27)14-5-7-15(29-2)8-6-14/h5-8,10,12-13,27H,3-4,9,11H2,1-2H3,(H,23,26,28). The average Bonchev–Trinajstić information content (AvgIpc) is 3.23. The van der Waals surface area contributed by atoms with Crippen LogP contribution in [0.1, 0.15) is 25.3 Å². The van der Waals surface area contributed by atoms with Crippen LogP contribution in [0.4, 0.5) is 0 Å². The Morgan fingerprint density at radius 3 is 2.66 bits per heavy atom. The molecule has 9 heteroatoms. The van der Waals surface area contributed by atoms with Gasteiger partial charge in [0.2, 0.25) is 5.88 Å². The fourth-order valence-corrected chi connectivity index (χ4v) is 3.01. The Labute approximate surface area is 167 Å². The minimum Gasteiger partial charge on any atom is -0.497 e. The summed E-state index contributed by atoms with van der Waals surface area (Å²) in [5.74, 6) is 0.179. The number of ether oxygens (including phenoxy) is 1. The molecule has 3 rings (SSSR count). The van der Waals surface area contributed by atoms with E-state index in [1.54, 1.807) is 36.8 Å². The fourth-order valence-electron chi connectivity index (χ4n) is 3.01. The molecule has 2 heterocycles. The van der Waals surface area contributed by atoms with Gasteiger partial charge in [0.15, 0.2) is 0 Å². The van der Waals surface area contributed by atoms with E-state index < -0.39 is 17.1 Å². The molecule has 0 aliphatic heterocycles. The maximum atomic E-state index is 12.4. The monoisotopic (exact) mass is 397 g/mol. The minimum absolute atomic E-state index is 0.00514. The van der Waals surface area contributed by atoms with Crippen LogP contribution >= 0.6 is 0 Å². The third-order valence-electron chi connectivity index (χ3n) is 4.48. The number of nitrogens with one attached hydrogen (secondary N) is 1. The number of hydrogen-bond acceptors (Lipinski definition) is 6. The van der Waals surface area contributed by atoms with Crippen molar-refractivity contribution in [3.05, 3.63) is 69.4 Å². The first-order valence-corrected chi connectivity index (χ1v) is 9.27. The number of imidazole rings is 1. The van der Waals surface area contributed by atoms with Gasteiger partial charge in [-0.3, -0.25) is 14.8 Å². The smallest absolute Gasteiger partial charge is 0.335 e. The van der Waals surface area contributed by atoms with Crippen molar-refractivity contribution in [1.29, 1.82) is 0 Å². The Morgan fingerprint density at radius 1 is 1.28 bits per heavy atom. The summed E-state index contributed by atoms with van der Waals surface area (Å²) >= 11 is 0. The van der Waals surface area contributed by atoms with Gasteiger partial charge in [-0.25, -0.2) is 14.3 Å². The third-order valence-corrected chi connectivity index (χ3v) is 4.48. The highest BCUT2D eigenvalue weighted by atomic mass is 16.5. The van der Waals surface area contributed by atoms with Crippen molar-refractivity contribution in [2.75, 3.05) is 13.7 Å². The molecule has 0 aliphatic rings. The largest absolute Gasteiger partial charge is 0.497 e. The average molecular weight is 397 g/mol. The number of benzene rings is 1. The number of methoxy groups -OCH3 is 1. The maximum Gasteiger partial charge on any atom is 0.335 e. The summed E-state index contributed by atoms with van der Waals surface area (Å²) in [5, 5.41) is 10.8. The summed E-state index contributed by atoms with van der Waals surface area (Å²) in [6, 6.07) is 6.57. The van der Waals surface area contributed by atoms with Gasteiger partial charge in [0.05, 0.1) is 24.8 Å². The first-order valence-electron chi connectivity index (χ1n) is 9.27. The van der Waals surface area contributed by atoms with Crippen molar-refractivity contribution in [3.63, 3.8) is 0 Å². The molecule has 0 spiro atoms. The van der Waals surface area contributed by atoms with E-state index in [1.807, 2.05) is 17.7 Å². The number of nitrogens with zero attached hydrogens (tertiary/aromatic N) is 4. The lowest BCUT2D eigenvalue weighted by Gasteiger charge is -2.13. The number of rotatable bonds is 8. The second-order valence-electron chi connectivity index (χ2n) is 6.33. The zero-order chi connectivity index (χ0) is 20.8. The molecule has 152 valence electrons. The van der Waals surface area contributed by atoms with Crippen molar-refractivity contribution < 1.29 is 9.84 Å². The molecule has 2 N–H and O–H groups in total. The summed E-state index contributed by atoms with van der Waals surface area (Å²) in [4.78, 5) is 35.5. The summed E-state index contributed by atoms with van der Waals surface area (Å²) in [5.41, 5.74) is -0.534. The van der Waals surface area contributed by atoms with E-state index in [0.717, 1.165) is 17.5 Å². The Bertz CT molecular complexity index is 1100. The molecular formula is C20H23N5O4. The minimum atomic E-state index is -0.725. The van der Waals surface area contributed by atoms with Gasteiger partial charge in [0.25, 0.3) is 5.56 Å². The molecule has 0 saturated carbocycles. The Morgan fingerprint density at radius 2 is 2.03 bits per heavy atom. The molecule has 3 aromatic rings. The second kappa shape index (κ2) is 9.05. The van der Waals surface area contributed by atoms with Crippen molar-refractivity contribution >= 4 is 5.71 Å². The van der Waals surface area contributed by atoms with Gasteiger partial charge >= 0.3 is 5.69 Å². The molecule has 0 bridgehead atoms. The molecule has 1 aromatic carbocycles. The van der Waals surface area contributed by atoms with Gasteiger partial charge in [0.1, 0.15) is 11.3 Å². The molecule has 0 fully saturated rings. The van der Waals surface area contributed by atoms with Gasteiger partial charge in [-0.05, 0) is 37.1 Å². The number of aromatic nitrogens is 4. The highest BCUT2D eigenvalue weighted by molar-refractivity contribution is 6.02. The summed E-state index contributed by atoms with van der Waals surface area (Å²) in [7, 11) is 1.54. The van der Waals surface area contributed by atoms with E-state index in [4.69, 9.17) is 4.74 Å². The number of aliphatic imine (C=N–C) groups is 1. The fraction of sp³-hybridized carbons (Fsp3) is 0.300. The van der Waals surface area contributed by atoms with E-state index in [2.05, 4.69) is 15.0 Å². The topological polar surface area (TPSA) is 114 Å². The van der Waals surface area contributed by atoms with Crippen molar-refractivity contribution in [2.24, 2.45) is 4.99 Å². The molecule has 0 radical (unpaired) electrons. The third kappa shape index (κ3) is 4.45. The van der Waals surface area contributed by atoms with E-state index in [-0.39, 0.29) is 5.56 Å². The Hall–Kier alpha value is -3.62. The van der Waals surface area contributed by atoms with Gasteiger partial charge in [-0.1, -0.05) is 6.92 Å². The normalized spacial score (nSPS) is 11.6. The van der Waals surface area contributed by atoms with Crippen LogP contribution in [0.5, 0.6) is 11.6 Å². The number of aromatic amines is 1. The van der Waals surface area contributed by atoms with Crippen molar-refractivity contribution in [1.82, 2.24) is 19.1 Å². The lowest BCUT2D eigenvalue weighted by atomic mass is 10.1. The number of hydrogen-bond donors (Lipinski definition) is 2. The van der Waals surface area contributed by atoms with E-state index in [1.165, 1.54) is 7.11 Å². The van der Waals surface area contributed by atoms with Gasteiger partial charge in [0, 0.05) is 25.5 Å². The van der Waals surface area contributed by atoms with E-state index >= 15 is 0 Å². The zero-order valence-corrected chi connectivity index (χ0v) is 16.3. The predicted molar refractivity (Wildman–Crippen MR) is 109 cm³/mol. The van der Waals surface area contributed by atoms with Crippen LogP contribution < -0.4 is 16.0 Å². The molecule has 9 nitrogen and oxygen atoms in total. The predicted octanol–water partition coefficient (Wildman–Crippen LogP) is 1.73. The Kier molecular flexibility index (Phi) is 6.28. The van der Waals surface area contributed by atoms with Crippen LogP contribution in [-0.2, 0) is 6.54 Å². The molecule has 0 atom stereocenters. The van der Waals surface area contributed by atoms with Gasteiger partial charge in [-0.2, -0.15) is 0 Å². The van der Waals surface area contributed by atoms with E-state index in [0.29, 0.717) is 30.1 Å². The van der Waals surface area contributed by atoms with Crippen LogP contribution in [0.15, 0.2) is 57.6 Å². The van der Waals surface area contributed by atoms with Crippen LogP contribution in [0.3, 0.4) is 0 Å². The summed E-state index contributed by atoms with van der Waals surface area (Å²) in [6.07, 6.45) is 6.48. The second-order valence-corrected chi connectivity index (χ2v) is 6.33. The molecule has 0 saturated heterocycles. The molecule has 0 amide bonds. The first kappa shape index (κ1) is 20.1. The molecule has 0 aliphatic carbocycles. The van der Waals surface area contributed by atoms with Crippen LogP contribution in [-0.4, -0.2) is 43.6 Å². The molecular weight excluding hydrogens is 374 g/mol. The molecule has 0 unspecified atom stereocenters. The van der Waals surface area contributed by atoms with Crippen LogP contribution in [0, 0.1) is 0 Å². The van der Waals surface area contributed by atoms with E-state index in [9.17, 15) is 14.7 Å².